The molecule has 0 amide bonds. The number of aryl methyl sites for hydroxylation is 1. The lowest BCUT2D eigenvalue weighted by Gasteiger charge is -2.10. The normalized spacial score (nSPS) is 13.1. The van der Waals surface area contributed by atoms with Crippen LogP contribution >= 0.6 is 0 Å². The van der Waals surface area contributed by atoms with E-state index in [1.165, 1.54) is 12.8 Å². The van der Waals surface area contributed by atoms with E-state index in [0.717, 1.165) is 25.2 Å². The van der Waals surface area contributed by atoms with E-state index in [-0.39, 0.29) is 6.04 Å². The maximum Gasteiger partial charge on any atom is 0.110 e. The number of hydrogen-bond acceptors (Lipinski definition) is 2. The molecule has 2 N–H and O–H groups in total. The molecule has 1 rings (SSSR count). The van der Waals surface area contributed by atoms with Crippen LogP contribution in [0, 0.1) is 0 Å². The van der Waals surface area contributed by atoms with Crippen molar-refractivity contribution in [1.82, 2.24) is 9.55 Å². The Balaban J connectivity index is 2.53. The van der Waals surface area contributed by atoms with Crippen LogP contribution in [0.25, 0.3) is 0 Å². The largest absolute Gasteiger partial charge is 0.335 e. The summed E-state index contributed by atoms with van der Waals surface area (Å²) in [5, 5.41) is 0. The molecule has 1 heterocycles. The van der Waals surface area contributed by atoms with E-state index < -0.39 is 0 Å². The maximum absolute atomic E-state index is 5.91. The number of unbranched alkanes of at least 4 members (excludes halogenated alkanes) is 1. The lowest BCUT2D eigenvalue weighted by Crippen LogP contribution is -2.23. The van der Waals surface area contributed by atoms with Crippen LogP contribution in [0.3, 0.4) is 0 Å². The minimum absolute atomic E-state index is 0.248. The molecule has 0 aliphatic rings. The maximum atomic E-state index is 5.91. The molecular weight excluding hydrogens is 174 g/mol. The summed E-state index contributed by atoms with van der Waals surface area (Å²) in [4.78, 5) is 4.34. The predicted molar refractivity (Wildman–Crippen MR) is 59.1 cm³/mol. The molecule has 1 aromatic rings. The van der Waals surface area contributed by atoms with E-state index in [1.54, 1.807) is 0 Å². The van der Waals surface area contributed by atoms with Crippen LogP contribution < -0.4 is 5.73 Å². The van der Waals surface area contributed by atoms with Crippen molar-refractivity contribution < 1.29 is 0 Å². The van der Waals surface area contributed by atoms with Gasteiger partial charge in [0.2, 0.25) is 0 Å². The quantitative estimate of drug-likeness (QED) is 0.754. The average molecular weight is 195 g/mol. The van der Waals surface area contributed by atoms with Gasteiger partial charge in [-0.15, -0.1) is 0 Å². The zero-order chi connectivity index (χ0) is 10.4. The van der Waals surface area contributed by atoms with Crippen LogP contribution in [0.4, 0.5) is 0 Å². The minimum Gasteiger partial charge on any atom is -0.335 e. The lowest BCUT2D eigenvalue weighted by atomic mass is 10.1. The van der Waals surface area contributed by atoms with Crippen molar-refractivity contribution in [2.24, 2.45) is 5.73 Å². The van der Waals surface area contributed by atoms with Crippen molar-refractivity contribution >= 4 is 0 Å². The highest BCUT2D eigenvalue weighted by Gasteiger charge is 2.06. The number of aromatic nitrogens is 2. The molecule has 0 aromatic carbocycles. The van der Waals surface area contributed by atoms with Crippen molar-refractivity contribution in [3.63, 3.8) is 0 Å². The van der Waals surface area contributed by atoms with Crippen molar-refractivity contribution in [3.8, 4) is 0 Å². The first kappa shape index (κ1) is 11.2. The Morgan fingerprint density at radius 2 is 2.29 bits per heavy atom. The van der Waals surface area contributed by atoms with E-state index in [4.69, 9.17) is 5.73 Å². The fourth-order valence-corrected chi connectivity index (χ4v) is 1.44. The third-order valence-electron chi connectivity index (χ3n) is 2.52. The Kier molecular flexibility index (Phi) is 4.66. The van der Waals surface area contributed by atoms with Gasteiger partial charge in [0.05, 0.1) is 0 Å². The molecule has 1 unspecified atom stereocenters. The molecular formula is C11H21N3. The van der Waals surface area contributed by atoms with E-state index >= 15 is 0 Å². The second-order valence-electron chi connectivity index (χ2n) is 3.76. The second-order valence-corrected chi connectivity index (χ2v) is 3.76. The monoisotopic (exact) mass is 195 g/mol. The van der Waals surface area contributed by atoms with Gasteiger partial charge in [-0.1, -0.05) is 20.3 Å². The first-order valence-electron chi connectivity index (χ1n) is 5.53. The summed E-state index contributed by atoms with van der Waals surface area (Å²) in [7, 11) is 0. The number of hydrogen-bond donors (Lipinski definition) is 1. The van der Waals surface area contributed by atoms with Crippen LogP contribution in [0.5, 0.6) is 0 Å². The molecule has 0 spiro atoms. The summed E-state index contributed by atoms with van der Waals surface area (Å²) >= 11 is 0. The second kappa shape index (κ2) is 5.81. The van der Waals surface area contributed by atoms with Gasteiger partial charge in [-0.3, -0.25) is 0 Å². The summed E-state index contributed by atoms with van der Waals surface area (Å²) in [5.74, 6) is 1.13. The van der Waals surface area contributed by atoms with Gasteiger partial charge < -0.3 is 10.3 Å². The number of nitrogens with two attached hydrogens (primary N) is 1. The van der Waals surface area contributed by atoms with Crippen molar-refractivity contribution in [1.29, 1.82) is 0 Å². The van der Waals surface area contributed by atoms with E-state index in [9.17, 15) is 0 Å². The Hall–Kier alpha value is -0.830. The van der Waals surface area contributed by atoms with Crippen LogP contribution in [0.1, 0.15) is 38.9 Å². The third-order valence-corrected chi connectivity index (χ3v) is 2.52. The standard InChI is InChI=1S/C11H21N3/c1-3-5-7-14-8-6-13-11(14)9-10(12)4-2/h6,8,10H,3-5,7,9,12H2,1-2H3. The summed E-state index contributed by atoms with van der Waals surface area (Å²) in [5.41, 5.74) is 5.91. The van der Waals surface area contributed by atoms with E-state index in [0.29, 0.717) is 0 Å². The average Bonchev–Trinajstić information content (AvgIpc) is 2.62. The molecule has 80 valence electrons. The highest BCUT2D eigenvalue weighted by Crippen LogP contribution is 2.04. The molecule has 0 aliphatic heterocycles. The smallest absolute Gasteiger partial charge is 0.110 e. The molecule has 3 nitrogen and oxygen atoms in total. The van der Waals surface area contributed by atoms with Gasteiger partial charge in [-0.2, -0.15) is 0 Å². The van der Waals surface area contributed by atoms with Crippen LogP contribution in [-0.2, 0) is 13.0 Å². The molecule has 14 heavy (non-hydrogen) atoms. The molecule has 0 bridgehead atoms. The summed E-state index contributed by atoms with van der Waals surface area (Å²) in [6.45, 7) is 5.39. The number of rotatable bonds is 6. The zero-order valence-electron chi connectivity index (χ0n) is 9.24. The van der Waals surface area contributed by atoms with Crippen molar-refractivity contribution in [3.05, 3.63) is 18.2 Å². The zero-order valence-corrected chi connectivity index (χ0v) is 9.24. The number of imidazole rings is 1. The van der Waals surface area contributed by atoms with Crippen LogP contribution in [0.15, 0.2) is 12.4 Å². The first-order valence-corrected chi connectivity index (χ1v) is 5.53. The fraction of sp³-hybridized carbons (Fsp3) is 0.727. The summed E-state index contributed by atoms with van der Waals surface area (Å²) < 4.78 is 2.22. The van der Waals surface area contributed by atoms with Gasteiger partial charge in [0.1, 0.15) is 5.82 Å². The van der Waals surface area contributed by atoms with Gasteiger partial charge in [-0.05, 0) is 12.8 Å². The van der Waals surface area contributed by atoms with Crippen molar-refractivity contribution in [2.75, 3.05) is 0 Å². The Bertz CT molecular complexity index is 255. The topological polar surface area (TPSA) is 43.8 Å². The fourth-order valence-electron chi connectivity index (χ4n) is 1.44. The summed E-state index contributed by atoms with van der Waals surface area (Å²) in [6.07, 6.45) is 8.26. The highest BCUT2D eigenvalue weighted by molar-refractivity contribution is 4.94. The third kappa shape index (κ3) is 3.14. The van der Waals surface area contributed by atoms with Crippen molar-refractivity contribution in [2.45, 2.75) is 52.1 Å². The molecule has 3 heteroatoms. The van der Waals surface area contributed by atoms with Gasteiger partial charge >= 0.3 is 0 Å². The first-order chi connectivity index (χ1) is 6.77. The Morgan fingerprint density at radius 1 is 1.50 bits per heavy atom. The van der Waals surface area contributed by atoms with E-state index in [2.05, 4.69) is 23.4 Å². The predicted octanol–water partition coefficient (Wildman–Crippen LogP) is 1.96. The highest BCUT2D eigenvalue weighted by atomic mass is 15.1. The minimum atomic E-state index is 0.248. The molecule has 0 saturated heterocycles. The molecule has 0 radical (unpaired) electrons. The number of nitrogens with zero attached hydrogens (tertiary/aromatic N) is 2. The van der Waals surface area contributed by atoms with Gasteiger partial charge in [0.25, 0.3) is 0 Å². The summed E-state index contributed by atoms with van der Waals surface area (Å²) in [6, 6.07) is 0.248. The molecule has 1 atom stereocenters. The molecule has 0 saturated carbocycles. The van der Waals surface area contributed by atoms with E-state index in [1.807, 2.05) is 12.4 Å². The SMILES string of the molecule is CCCCn1ccnc1CC(N)CC. The molecule has 0 aliphatic carbocycles. The van der Waals surface area contributed by atoms with Gasteiger partial charge in [-0.25, -0.2) is 4.98 Å². The lowest BCUT2D eigenvalue weighted by molar-refractivity contribution is 0.560. The Labute approximate surface area is 86.3 Å². The van der Waals surface area contributed by atoms with Gasteiger partial charge in [0.15, 0.2) is 0 Å². The molecule has 1 aromatic heterocycles. The Morgan fingerprint density at radius 3 is 2.93 bits per heavy atom. The molecule has 0 fully saturated rings. The van der Waals surface area contributed by atoms with Crippen LogP contribution in [0.2, 0.25) is 0 Å². The van der Waals surface area contributed by atoms with Crippen LogP contribution in [-0.4, -0.2) is 15.6 Å². The van der Waals surface area contributed by atoms with Gasteiger partial charge in [0, 0.05) is 31.4 Å².